The number of hydrogen-bond donors (Lipinski definition) is 3. The zero-order chi connectivity index (χ0) is 27.2. The van der Waals surface area contributed by atoms with Gasteiger partial charge >= 0.3 is 6.03 Å². The number of H-pyrrole nitrogens is 1. The average molecular weight is 517 g/mol. The number of nitrogens with zero attached hydrogens (tertiary/aromatic N) is 3. The molecule has 5 rings (SSSR count). The van der Waals surface area contributed by atoms with Crippen LogP contribution >= 0.6 is 0 Å². The predicted molar refractivity (Wildman–Crippen MR) is 153 cm³/mol. The van der Waals surface area contributed by atoms with Crippen LogP contribution in [0.3, 0.4) is 0 Å². The number of likely N-dealkylation sites (tertiary alicyclic amines) is 1. The van der Waals surface area contributed by atoms with Gasteiger partial charge in [0.05, 0.1) is 17.4 Å². The first kappa shape index (κ1) is 27.2. The molecule has 38 heavy (non-hydrogen) atoms. The lowest BCUT2D eigenvalue weighted by molar-refractivity contribution is -0.109. The Kier molecular flexibility index (Phi) is 8.71. The van der Waals surface area contributed by atoms with E-state index in [1.807, 2.05) is 43.9 Å². The second kappa shape index (κ2) is 12.2. The highest BCUT2D eigenvalue weighted by molar-refractivity contribution is 5.92. The molecule has 3 heterocycles. The summed E-state index contributed by atoms with van der Waals surface area (Å²) in [6.07, 6.45) is 4.15. The van der Waals surface area contributed by atoms with E-state index in [2.05, 4.69) is 57.4 Å². The highest BCUT2D eigenvalue weighted by Crippen LogP contribution is 2.28. The molecule has 1 aromatic heterocycles. The van der Waals surface area contributed by atoms with Crippen molar-refractivity contribution in [2.75, 3.05) is 18.4 Å². The molecule has 0 saturated carbocycles. The molecule has 0 radical (unpaired) electrons. The molecule has 2 aliphatic heterocycles. The number of anilines is 1. The van der Waals surface area contributed by atoms with Gasteiger partial charge in [0.25, 0.3) is 0 Å². The van der Waals surface area contributed by atoms with Gasteiger partial charge in [0.2, 0.25) is 0 Å². The Morgan fingerprint density at radius 2 is 1.97 bits per heavy atom. The van der Waals surface area contributed by atoms with E-state index >= 15 is 0 Å². The summed E-state index contributed by atoms with van der Waals surface area (Å²) in [5.74, 6) is 0.760. The van der Waals surface area contributed by atoms with Crippen molar-refractivity contribution in [2.45, 2.75) is 72.0 Å². The van der Waals surface area contributed by atoms with Crippen LogP contribution in [0.4, 0.5) is 10.5 Å². The molecule has 202 valence electrons. The SMILES string of the molecule is C=C(NC(C=O)Cc1cc(CC)c2n[nH]c(C)c2c1)N1CCC(N2Cc3ccccc3NC2=O)CC1.CC. The summed E-state index contributed by atoms with van der Waals surface area (Å²) < 4.78 is 0. The maximum absolute atomic E-state index is 12.7. The third-order valence-electron chi connectivity index (χ3n) is 7.49. The van der Waals surface area contributed by atoms with Gasteiger partial charge in [-0.2, -0.15) is 5.10 Å². The molecule has 1 saturated heterocycles. The Balaban J connectivity index is 0.00000164. The van der Waals surface area contributed by atoms with E-state index in [1.165, 1.54) is 5.56 Å². The number of rotatable bonds is 8. The summed E-state index contributed by atoms with van der Waals surface area (Å²) in [6, 6.07) is 12.0. The number of aldehydes is 1. The van der Waals surface area contributed by atoms with Crippen LogP contribution in [0, 0.1) is 6.92 Å². The molecule has 8 heteroatoms. The maximum atomic E-state index is 12.7. The number of para-hydroxylation sites is 1. The molecule has 0 bridgehead atoms. The minimum atomic E-state index is -0.367. The highest BCUT2D eigenvalue weighted by Gasteiger charge is 2.32. The van der Waals surface area contributed by atoms with Gasteiger partial charge in [-0.05, 0) is 61.4 Å². The molecule has 0 spiro atoms. The summed E-state index contributed by atoms with van der Waals surface area (Å²) in [6.45, 7) is 14.6. The fourth-order valence-electron chi connectivity index (χ4n) is 5.42. The fraction of sp³-hybridized carbons (Fsp3) is 0.433. The first-order chi connectivity index (χ1) is 18.5. The Hall–Kier alpha value is -3.81. The van der Waals surface area contributed by atoms with Gasteiger partial charge in [0.15, 0.2) is 0 Å². The Bertz CT molecular complexity index is 1290. The second-order valence-corrected chi connectivity index (χ2v) is 9.82. The topological polar surface area (TPSA) is 93.4 Å². The number of carbonyl (C=O) groups is 2. The normalized spacial score (nSPS) is 16.3. The third-order valence-corrected chi connectivity index (χ3v) is 7.49. The van der Waals surface area contributed by atoms with Crippen molar-refractivity contribution in [3.8, 4) is 0 Å². The number of aromatic nitrogens is 2. The number of piperidine rings is 1. The molecule has 1 fully saturated rings. The molecular formula is C30H40N6O2. The summed E-state index contributed by atoms with van der Waals surface area (Å²) >= 11 is 0. The van der Waals surface area contributed by atoms with Gasteiger partial charge in [0.1, 0.15) is 6.29 Å². The summed E-state index contributed by atoms with van der Waals surface area (Å²) in [5.41, 5.74) is 6.39. The second-order valence-electron chi connectivity index (χ2n) is 9.82. The lowest BCUT2D eigenvalue weighted by Crippen LogP contribution is -2.51. The van der Waals surface area contributed by atoms with Crippen LogP contribution in [0.25, 0.3) is 10.9 Å². The largest absolute Gasteiger partial charge is 0.362 e. The Morgan fingerprint density at radius 3 is 2.68 bits per heavy atom. The van der Waals surface area contributed by atoms with Crippen molar-refractivity contribution >= 4 is 28.9 Å². The van der Waals surface area contributed by atoms with Crippen LogP contribution < -0.4 is 10.6 Å². The first-order valence-corrected chi connectivity index (χ1v) is 13.7. The van der Waals surface area contributed by atoms with Gasteiger partial charge < -0.3 is 25.2 Å². The standard InChI is InChI=1S/C28H34N6O2.C2H6/c1-4-21-13-20(15-25-18(2)31-32-27(21)25)14-23(17-35)29-19(3)33-11-9-24(10-12-33)34-16-22-7-5-6-8-26(22)30-28(34)36;1-2/h5-8,13,15,17,23-24,29H,3-4,9-12,14,16H2,1-2H3,(H,30,36)(H,31,32);1-2H3. The zero-order valence-electron chi connectivity index (χ0n) is 23.0. The number of nitrogens with one attached hydrogen (secondary N) is 3. The van der Waals surface area contributed by atoms with E-state index in [0.717, 1.165) is 77.9 Å². The fourth-order valence-corrected chi connectivity index (χ4v) is 5.42. The first-order valence-electron chi connectivity index (χ1n) is 13.7. The van der Waals surface area contributed by atoms with Crippen molar-refractivity contribution in [3.63, 3.8) is 0 Å². The van der Waals surface area contributed by atoms with Gasteiger partial charge in [-0.25, -0.2) is 4.79 Å². The van der Waals surface area contributed by atoms with Crippen LogP contribution in [-0.2, 0) is 24.2 Å². The van der Waals surface area contributed by atoms with Crippen molar-refractivity contribution in [1.29, 1.82) is 0 Å². The zero-order valence-corrected chi connectivity index (χ0v) is 23.0. The van der Waals surface area contributed by atoms with Crippen LogP contribution in [0.1, 0.15) is 56.0 Å². The number of aryl methyl sites for hydroxylation is 2. The quantitative estimate of drug-likeness (QED) is 0.361. The average Bonchev–Trinajstić information content (AvgIpc) is 3.33. The Labute approximate surface area is 225 Å². The van der Waals surface area contributed by atoms with E-state index in [4.69, 9.17) is 0 Å². The molecule has 1 atom stereocenters. The Morgan fingerprint density at radius 1 is 1.24 bits per heavy atom. The molecular weight excluding hydrogens is 476 g/mol. The van der Waals surface area contributed by atoms with Crippen molar-refractivity contribution in [2.24, 2.45) is 0 Å². The van der Waals surface area contributed by atoms with Gasteiger partial charge in [-0.3, -0.25) is 5.10 Å². The maximum Gasteiger partial charge on any atom is 0.322 e. The van der Waals surface area contributed by atoms with Crippen molar-refractivity contribution in [1.82, 2.24) is 25.3 Å². The number of benzene rings is 2. The third kappa shape index (κ3) is 5.69. The molecule has 2 amide bonds. The highest BCUT2D eigenvalue weighted by atomic mass is 16.2. The number of hydrogen-bond acceptors (Lipinski definition) is 5. The van der Waals surface area contributed by atoms with Crippen molar-refractivity contribution < 1.29 is 9.59 Å². The van der Waals surface area contributed by atoms with Crippen LogP contribution in [-0.4, -0.2) is 57.5 Å². The number of aromatic amines is 1. The number of carbonyl (C=O) groups excluding carboxylic acids is 2. The molecule has 8 nitrogen and oxygen atoms in total. The number of urea groups is 1. The van der Waals surface area contributed by atoms with E-state index in [-0.39, 0.29) is 18.1 Å². The minimum Gasteiger partial charge on any atom is -0.362 e. The monoisotopic (exact) mass is 516 g/mol. The van der Waals surface area contributed by atoms with E-state index in [1.54, 1.807) is 0 Å². The summed E-state index contributed by atoms with van der Waals surface area (Å²) in [5, 5.41) is 15.0. The smallest absolute Gasteiger partial charge is 0.322 e. The van der Waals surface area contributed by atoms with Gasteiger partial charge in [-0.15, -0.1) is 0 Å². The van der Waals surface area contributed by atoms with Crippen LogP contribution in [0.5, 0.6) is 0 Å². The van der Waals surface area contributed by atoms with Crippen LogP contribution in [0.15, 0.2) is 48.8 Å². The minimum absolute atomic E-state index is 0.0265. The van der Waals surface area contributed by atoms with Crippen molar-refractivity contribution in [3.05, 3.63) is 71.2 Å². The molecule has 2 aliphatic rings. The molecule has 3 aromatic rings. The molecule has 0 aliphatic carbocycles. The van der Waals surface area contributed by atoms with Crippen LogP contribution in [0.2, 0.25) is 0 Å². The molecule has 2 aromatic carbocycles. The van der Waals surface area contributed by atoms with Gasteiger partial charge in [-0.1, -0.05) is 51.6 Å². The van der Waals surface area contributed by atoms with E-state index in [9.17, 15) is 9.59 Å². The van der Waals surface area contributed by atoms with E-state index < -0.39 is 0 Å². The lowest BCUT2D eigenvalue weighted by atomic mass is 9.99. The molecule has 3 N–H and O–H groups in total. The van der Waals surface area contributed by atoms with Gasteiger partial charge in [0, 0.05) is 42.4 Å². The van der Waals surface area contributed by atoms with E-state index in [0.29, 0.717) is 13.0 Å². The number of fused-ring (bicyclic) bond motifs is 2. The summed E-state index contributed by atoms with van der Waals surface area (Å²) in [7, 11) is 0. The number of amides is 2. The lowest BCUT2D eigenvalue weighted by Gasteiger charge is -2.42. The molecule has 1 unspecified atom stereocenters. The summed E-state index contributed by atoms with van der Waals surface area (Å²) in [4.78, 5) is 28.8. The predicted octanol–water partition coefficient (Wildman–Crippen LogP) is 5.14.